The van der Waals surface area contributed by atoms with Gasteiger partial charge in [0.1, 0.15) is 0 Å². The summed E-state index contributed by atoms with van der Waals surface area (Å²) in [6.07, 6.45) is 1.13. The van der Waals surface area contributed by atoms with E-state index in [1.54, 1.807) is 39.5 Å². The first kappa shape index (κ1) is 26.3. The lowest BCUT2D eigenvalue weighted by molar-refractivity contribution is -0.139. The van der Waals surface area contributed by atoms with Crippen molar-refractivity contribution in [2.24, 2.45) is 0 Å². The number of ether oxygens (including phenoxy) is 6. The van der Waals surface area contributed by atoms with Crippen LogP contribution in [0.25, 0.3) is 11.1 Å². The van der Waals surface area contributed by atoms with Gasteiger partial charge in [0.2, 0.25) is 0 Å². The van der Waals surface area contributed by atoms with Gasteiger partial charge in [0.05, 0.1) is 34.0 Å². The fraction of sp³-hybridized carbons (Fsp3) is 0.480. The standard InChI is InChI=1S/C25H35NO7/c1-7-32-23(33-8-2)13-10-14-26-25(27)19-16-22(30-5)21(29-4)15-18(19)17-11-9-12-20(28-3)24(17)31-6/h9,11-12,15-16,23H,7-8,10,13-14H2,1-6H3,(H,26,27). The molecule has 0 aliphatic carbocycles. The molecule has 0 saturated heterocycles. The van der Waals surface area contributed by atoms with Crippen molar-refractivity contribution in [3.8, 4) is 34.1 Å². The molecule has 2 aromatic rings. The smallest absolute Gasteiger partial charge is 0.252 e. The van der Waals surface area contributed by atoms with Crippen LogP contribution in [0.1, 0.15) is 37.0 Å². The zero-order chi connectivity index (χ0) is 24.2. The number of nitrogens with one attached hydrogen (secondary N) is 1. The minimum Gasteiger partial charge on any atom is -0.493 e. The summed E-state index contributed by atoms with van der Waals surface area (Å²) in [6, 6.07) is 8.96. The molecular weight excluding hydrogens is 426 g/mol. The molecule has 8 nitrogen and oxygen atoms in total. The average Bonchev–Trinajstić information content (AvgIpc) is 2.85. The number of hydrogen-bond donors (Lipinski definition) is 1. The Balaban J connectivity index is 2.33. The summed E-state index contributed by atoms with van der Waals surface area (Å²) in [5, 5.41) is 2.99. The second-order valence-electron chi connectivity index (χ2n) is 7.03. The number of amides is 1. The van der Waals surface area contributed by atoms with Crippen LogP contribution < -0.4 is 24.3 Å². The zero-order valence-corrected chi connectivity index (χ0v) is 20.4. The van der Waals surface area contributed by atoms with E-state index in [0.717, 1.165) is 0 Å². The largest absolute Gasteiger partial charge is 0.493 e. The van der Waals surface area contributed by atoms with Crippen molar-refractivity contribution in [2.45, 2.75) is 33.0 Å². The number of para-hydroxylation sites is 1. The Hall–Kier alpha value is -2.97. The third-order valence-corrected chi connectivity index (χ3v) is 5.07. The molecule has 0 radical (unpaired) electrons. The molecule has 1 N–H and O–H groups in total. The second-order valence-corrected chi connectivity index (χ2v) is 7.03. The first-order valence-electron chi connectivity index (χ1n) is 11.0. The van der Waals surface area contributed by atoms with Crippen molar-refractivity contribution in [3.63, 3.8) is 0 Å². The lowest BCUT2D eigenvalue weighted by Crippen LogP contribution is -2.27. The Kier molecular flexibility index (Phi) is 10.8. The van der Waals surface area contributed by atoms with E-state index >= 15 is 0 Å². The number of hydrogen-bond acceptors (Lipinski definition) is 7. The SMILES string of the molecule is CCOC(CCCNC(=O)c1cc(OC)c(OC)cc1-c1cccc(OC)c1OC)OCC. The van der Waals surface area contributed by atoms with Crippen molar-refractivity contribution in [2.75, 3.05) is 48.2 Å². The van der Waals surface area contributed by atoms with Crippen LogP contribution in [0.3, 0.4) is 0 Å². The number of carbonyl (C=O) groups is 1. The van der Waals surface area contributed by atoms with Gasteiger partial charge in [-0.3, -0.25) is 4.79 Å². The Morgan fingerprint density at radius 2 is 1.48 bits per heavy atom. The predicted molar refractivity (Wildman–Crippen MR) is 127 cm³/mol. The molecule has 0 unspecified atom stereocenters. The van der Waals surface area contributed by atoms with E-state index in [-0.39, 0.29) is 12.2 Å². The average molecular weight is 462 g/mol. The first-order chi connectivity index (χ1) is 16.0. The molecule has 8 heteroatoms. The maximum absolute atomic E-state index is 13.2. The van der Waals surface area contributed by atoms with Gasteiger partial charge in [-0.1, -0.05) is 12.1 Å². The van der Waals surface area contributed by atoms with Crippen LogP contribution in [-0.2, 0) is 9.47 Å². The first-order valence-corrected chi connectivity index (χ1v) is 11.0. The minimum absolute atomic E-state index is 0.236. The normalized spacial score (nSPS) is 10.8. The van der Waals surface area contributed by atoms with Gasteiger partial charge in [0.25, 0.3) is 5.91 Å². The van der Waals surface area contributed by atoms with Crippen molar-refractivity contribution < 1.29 is 33.2 Å². The van der Waals surface area contributed by atoms with E-state index in [1.807, 2.05) is 26.0 Å². The molecule has 0 atom stereocenters. The van der Waals surface area contributed by atoms with Crippen LogP contribution in [0.2, 0.25) is 0 Å². The molecular formula is C25H35NO7. The van der Waals surface area contributed by atoms with Crippen LogP contribution in [0.5, 0.6) is 23.0 Å². The highest BCUT2D eigenvalue weighted by Gasteiger charge is 2.22. The van der Waals surface area contributed by atoms with E-state index in [4.69, 9.17) is 28.4 Å². The molecule has 0 fully saturated rings. The summed E-state index contributed by atoms with van der Waals surface area (Å²) >= 11 is 0. The molecule has 0 aliphatic heterocycles. The van der Waals surface area contributed by atoms with Gasteiger partial charge in [-0.05, 0) is 38.5 Å². The summed E-state index contributed by atoms with van der Waals surface area (Å²) in [6.45, 7) is 5.49. The van der Waals surface area contributed by atoms with Crippen LogP contribution in [0.4, 0.5) is 0 Å². The lowest BCUT2D eigenvalue weighted by Gasteiger charge is -2.19. The third kappa shape index (κ3) is 6.76. The predicted octanol–water partition coefficient (Wildman–Crippen LogP) is 4.30. The Morgan fingerprint density at radius 1 is 0.848 bits per heavy atom. The van der Waals surface area contributed by atoms with E-state index < -0.39 is 0 Å². The summed E-state index contributed by atoms with van der Waals surface area (Å²) < 4.78 is 33.1. The third-order valence-electron chi connectivity index (χ3n) is 5.07. The Labute approximate surface area is 196 Å². The molecule has 0 saturated carbocycles. The van der Waals surface area contributed by atoms with Crippen LogP contribution in [-0.4, -0.2) is 60.4 Å². The molecule has 2 aromatic carbocycles. The number of benzene rings is 2. The highest BCUT2D eigenvalue weighted by atomic mass is 16.7. The van der Waals surface area contributed by atoms with E-state index in [1.165, 1.54) is 7.11 Å². The molecule has 1 amide bonds. The molecule has 2 rings (SSSR count). The molecule has 33 heavy (non-hydrogen) atoms. The van der Waals surface area contributed by atoms with Gasteiger partial charge >= 0.3 is 0 Å². The van der Waals surface area contributed by atoms with E-state index in [2.05, 4.69) is 5.32 Å². The van der Waals surface area contributed by atoms with Crippen molar-refractivity contribution in [1.82, 2.24) is 5.32 Å². The van der Waals surface area contributed by atoms with Crippen molar-refractivity contribution in [1.29, 1.82) is 0 Å². The molecule has 0 bridgehead atoms. The van der Waals surface area contributed by atoms with Gasteiger partial charge < -0.3 is 33.7 Å². The van der Waals surface area contributed by atoms with Crippen molar-refractivity contribution >= 4 is 5.91 Å². The van der Waals surface area contributed by atoms with Crippen molar-refractivity contribution in [3.05, 3.63) is 35.9 Å². The summed E-state index contributed by atoms with van der Waals surface area (Å²) in [5.41, 5.74) is 1.78. The molecule has 0 aromatic heterocycles. The Morgan fingerprint density at radius 3 is 2.06 bits per heavy atom. The summed E-state index contributed by atoms with van der Waals surface area (Å²) in [5.74, 6) is 1.82. The topological polar surface area (TPSA) is 84.5 Å². The van der Waals surface area contributed by atoms with E-state index in [0.29, 0.717) is 72.3 Å². The molecule has 0 heterocycles. The number of methoxy groups -OCH3 is 4. The summed E-state index contributed by atoms with van der Waals surface area (Å²) in [4.78, 5) is 13.2. The van der Waals surface area contributed by atoms with E-state index in [9.17, 15) is 4.79 Å². The molecule has 0 spiro atoms. The maximum atomic E-state index is 13.2. The number of carbonyl (C=O) groups excluding carboxylic acids is 1. The van der Waals surface area contributed by atoms with Gasteiger partial charge in [0.15, 0.2) is 29.3 Å². The fourth-order valence-corrected chi connectivity index (χ4v) is 3.54. The molecule has 182 valence electrons. The minimum atomic E-state index is -0.269. The zero-order valence-electron chi connectivity index (χ0n) is 20.4. The van der Waals surface area contributed by atoms with Gasteiger partial charge in [-0.25, -0.2) is 0 Å². The second kappa shape index (κ2) is 13.5. The van der Waals surface area contributed by atoms with Gasteiger partial charge in [-0.2, -0.15) is 0 Å². The monoisotopic (exact) mass is 461 g/mol. The van der Waals surface area contributed by atoms with Gasteiger partial charge in [0, 0.05) is 37.3 Å². The molecule has 0 aliphatic rings. The number of rotatable bonds is 14. The van der Waals surface area contributed by atoms with Crippen LogP contribution in [0.15, 0.2) is 30.3 Å². The summed E-state index contributed by atoms with van der Waals surface area (Å²) in [7, 11) is 6.22. The van der Waals surface area contributed by atoms with Crippen LogP contribution in [0, 0.1) is 0 Å². The Bertz CT molecular complexity index is 895. The lowest BCUT2D eigenvalue weighted by atomic mass is 9.96. The quantitative estimate of drug-likeness (QED) is 0.332. The fourth-order valence-electron chi connectivity index (χ4n) is 3.54. The highest BCUT2D eigenvalue weighted by Crippen LogP contribution is 2.42. The highest BCUT2D eigenvalue weighted by molar-refractivity contribution is 6.02. The maximum Gasteiger partial charge on any atom is 0.252 e. The van der Waals surface area contributed by atoms with Gasteiger partial charge in [-0.15, -0.1) is 0 Å². The van der Waals surface area contributed by atoms with Crippen LogP contribution >= 0.6 is 0 Å².